The lowest BCUT2D eigenvalue weighted by Gasteiger charge is -2.40. The predicted molar refractivity (Wildman–Crippen MR) is 92.7 cm³/mol. The van der Waals surface area contributed by atoms with E-state index in [1.165, 1.54) is 23.4 Å². The summed E-state index contributed by atoms with van der Waals surface area (Å²) in [4.78, 5) is 11.3. The third-order valence-electron chi connectivity index (χ3n) is 5.68. The molecule has 1 unspecified atom stereocenters. The number of benzene rings is 1. The molecule has 138 valence electrons. The van der Waals surface area contributed by atoms with E-state index in [9.17, 15) is 13.2 Å². The van der Waals surface area contributed by atoms with Gasteiger partial charge < -0.3 is 0 Å². The molecule has 0 amide bonds. The first-order valence-corrected chi connectivity index (χ1v) is 9.07. The van der Waals surface area contributed by atoms with Gasteiger partial charge in [0.05, 0.1) is 11.3 Å². The number of likely N-dealkylation sites (tertiary alicyclic amines) is 1. The molecular formula is C20H22F3N3. The third kappa shape index (κ3) is 3.22. The van der Waals surface area contributed by atoms with Crippen LogP contribution in [0.4, 0.5) is 13.2 Å². The van der Waals surface area contributed by atoms with Crippen molar-refractivity contribution in [2.45, 2.75) is 50.7 Å². The van der Waals surface area contributed by atoms with Gasteiger partial charge in [-0.1, -0.05) is 18.2 Å². The number of fused-ring (bicyclic) bond motifs is 2. The van der Waals surface area contributed by atoms with E-state index in [1.807, 2.05) is 13.1 Å². The van der Waals surface area contributed by atoms with Crippen LogP contribution in [0.2, 0.25) is 0 Å². The second kappa shape index (κ2) is 6.34. The summed E-state index contributed by atoms with van der Waals surface area (Å²) in [6.07, 6.45) is 1.83. The van der Waals surface area contributed by atoms with E-state index >= 15 is 0 Å². The molecule has 0 N–H and O–H groups in total. The second-order valence-electron chi connectivity index (χ2n) is 7.58. The minimum absolute atomic E-state index is 0.0307. The molecule has 1 aliphatic carbocycles. The van der Waals surface area contributed by atoms with E-state index < -0.39 is 11.7 Å². The summed E-state index contributed by atoms with van der Waals surface area (Å²) in [7, 11) is 0. The van der Waals surface area contributed by atoms with Gasteiger partial charge in [0, 0.05) is 24.7 Å². The maximum absolute atomic E-state index is 13.0. The second-order valence-corrected chi connectivity index (χ2v) is 7.58. The van der Waals surface area contributed by atoms with Crippen LogP contribution in [0, 0.1) is 6.92 Å². The van der Waals surface area contributed by atoms with Gasteiger partial charge >= 0.3 is 6.18 Å². The molecule has 1 aromatic carbocycles. The molecule has 26 heavy (non-hydrogen) atoms. The van der Waals surface area contributed by atoms with Crippen molar-refractivity contribution >= 4 is 0 Å². The minimum Gasteiger partial charge on any atom is -0.298 e. The number of alkyl halides is 3. The van der Waals surface area contributed by atoms with E-state index in [1.54, 1.807) is 6.07 Å². The number of hydrogen-bond acceptors (Lipinski definition) is 3. The van der Waals surface area contributed by atoms with E-state index in [0.717, 1.165) is 50.7 Å². The Kier molecular flexibility index (Phi) is 4.26. The van der Waals surface area contributed by atoms with Crippen molar-refractivity contribution in [1.29, 1.82) is 0 Å². The molecule has 1 fully saturated rings. The van der Waals surface area contributed by atoms with Crippen LogP contribution in [-0.4, -0.2) is 28.0 Å². The summed E-state index contributed by atoms with van der Waals surface area (Å²) in [6.45, 7) is 4.23. The molecule has 2 aliphatic rings. The van der Waals surface area contributed by atoms with Crippen LogP contribution < -0.4 is 0 Å². The maximum Gasteiger partial charge on any atom is 0.416 e. The molecule has 0 bridgehead atoms. The molecule has 6 heteroatoms. The Balaban J connectivity index is 1.55. The van der Waals surface area contributed by atoms with E-state index in [2.05, 4.69) is 9.88 Å². The number of hydrogen-bond donors (Lipinski definition) is 0. The quantitative estimate of drug-likeness (QED) is 0.799. The zero-order valence-electron chi connectivity index (χ0n) is 14.8. The van der Waals surface area contributed by atoms with Gasteiger partial charge in [0.15, 0.2) is 0 Å². The monoisotopic (exact) mass is 361 g/mol. The molecule has 0 radical (unpaired) electrons. The summed E-state index contributed by atoms with van der Waals surface area (Å²) in [5.74, 6) is 0.792. The fourth-order valence-corrected chi connectivity index (χ4v) is 4.49. The molecule has 1 aliphatic heterocycles. The summed E-state index contributed by atoms with van der Waals surface area (Å²) in [5, 5.41) is 0. The van der Waals surface area contributed by atoms with Crippen LogP contribution in [0.15, 0.2) is 30.5 Å². The molecule has 2 heterocycles. The normalized spacial score (nSPS) is 23.4. The number of halogens is 3. The average Bonchev–Trinajstić information content (AvgIpc) is 2.92. The van der Waals surface area contributed by atoms with Gasteiger partial charge in [0.25, 0.3) is 0 Å². The Bertz CT molecular complexity index is 814. The van der Waals surface area contributed by atoms with Crippen LogP contribution in [0.25, 0.3) is 0 Å². The van der Waals surface area contributed by atoms with Crippen LogP contribution >= 0.6 is 0 Å². The van der Waals surface area contributed by atoms with Crippen molar-refractivity contribution in [3.05, 3.63) is 58.7 Å². The molecule has 4 rings (SSSR count). The summed E-state index contributed by atoms with van der Waals surface area (Å²) >= 11 is 0. The topological polar surface area (TPSA) is 29.0 Å². The lowest BCUT2D eigenvalue weighted by atomic mass is 9.77. The van der Waals surface area contributed by atoms with Gasteiger partial charge in [-0.25, -0.2) is 9.97 Å². The van der Waals surface area contributed by atoms with Crippen LogP contribution in [-0.2, 0) is 24.6 Å². The van der Waals surface area contributed by atoms with Crippen molar-refractivity contribution in [3.8, 4) is 0 Å². The van der Waals surface area contributed by atoms with Crippen LogP contribution in [0.3, 0.4) is 0 Å². The number of aryl methyl sites for hydroxylation is 2. The standard InChI is InChI=1S/C20H22F3N3/c1-14-24-11-16-6-8-19(18(16)25-14)7-3-9-26(13-19)12-15-4-2-5-17(10-15)20(21,22)23/h2,4-5,10-11H,3,6-9,12-13H2,1H3. The van der Waals surface area contributed by atoms with Gasteiger partial charge in [-0.05, 0) is 56.3 Å². The highest BCUT2D eigenvalue weighted by Gasteiger charge is 2.43. The van der Waals surface area contributed by atoms with Crippen molar-refractivity contribution < 1.29 is 13.2 Å². The third-order valence-corrected chi connectivity index (χ3v) is 5.68. The van der Waals surface area contributed by atoms with Crippen molar-refractivity contribution in [3.63, 3.8) is 0 Å². The number of piperidine rings is 1. The molecule has 2 aromatic rings. The van der Waals surface area contributed by atoms with Crippen LogP contribution in [0.5, 0.6) is 0 Å². The predicted octanol–water partition coefficient (Wildman–Crippen LogP) is 4.28. The zero-order valence-corrected chi connectivity index (χ0v) is 14.8. The molecule has 1 saturated heterocycles. The Morgan fingerprint density at radius 3 is 2.88 bits per heavy atom. The minimum atomic E-state index is -4.29. The summed E-state index contributed by atoms with van der Waals surface area (Å²) < 4.78 is 38.9. The molecule has 3 nitrogen and oxygen atoms in total. The first kappa shape index (κ1) is 17.5. The molecule has 1 spiro atoms. The lowest BCUT2D eigenvalue weighted by Crippen LogP contribution is -2.45. The summed E-state index contributed by atoms with van der Waals surface area (Å²) in [5.41, 5.74) is 2.57. The Morgan fingerprint density at radius 1 is 1.23 bits per heavy atom. The fourth-order valence-electron chi connectivity index (χ4n) is 4.49. The smallest absolute Gasteiger partial charge is 0.298 e. The lowest BCUT2D eigenvalue weighted by molar-refractivity contribution is -0.137. The number of nitrogens with zero attached hydrogens (tertiary/aromatic N) is 3. The molecule has 1 atom stereocenters. The largest absolute Gasteiger partial charge is 0.416 e. The van der Waals surface area contributed by atoms with Gasteiger partial charge in [0.1, 0.15) is 5.82 Å². The van der Waals surface area contributed by atoms with Crippen LogP contribution in [0.1, 0.15) is 47.5 Å². The molecular weight excluding hydrogens is 339 g/mol. The molecule has 0 saturated carbocycles. The van der Waals surface area contributed by atoms with E-state index in [4.69, 9.17) is 4.98 Å². The summed E-state index contributed by atoms with van der Waals surface area (Å²) in [6, 6.07) is 5.69. The number of rotatable bonds is 2. The Labute approximate surface area is 151 Å². The maximum atomic E-state index is 13.0. The van der Waals surface area contributed by atoms with Crippen molar-refractivity contribution in [1.82, 2.24) is 14.9 Å². The van der Waals surface area contributed by atoms with Gasteiger partial charge in [-0.15, -0.1) is 0 Å². The zero-order chi connectivity index (χ0) is 18.4. The fraction of sp³-hybridized carbons (Fsp3) is 0.500. The Morgan fingerprint density at radius 2 is 2.08 bits per heavy atom. The van der Waals surface area contributed by atoms with Crippen molar-refractivity contribution in [2.75, 3.05) is 13.1 Å². The van der Waals surface area contributed by atoms with Gasteiger partial charge in [0.2, 0.25) is 0 Å². The first-order chi connectivity index (χ1) is 12.4. The van der Waals surface area contributed by atoms with Gasteiger partial charge in [-0.3, -0.25) is 4.90 Å². The van der Waals surface area contributed by atoms with Crippen molar-refractivity contribution in [2.24, 2.45) is 0 Å². The average molecular weight is 361 g/mol. The highest BCUT2D eigenvalue weighted by molar-refractivity contribution is 5.34. The van der Waals surface area contributed by atoms with E-state index in [-0.39, 0.29) is 5.41 Å². The molecule has 1 aromatic heterocycles. The highest BCUT2D eigenvalue weighted by Crippen LogP contribution is 2.44. The first-order valence-electron chi connectivity index (χ1n) is 9.07. The number of aromatic nitrogens is 2. The highest BCUT2D eigenvalue weighted by atomic mass is 19.4. The van der Waals surface area contributed by atoms with E-state index in [0.29, 0.717) is 12.1 Å². The SMILES string of the molecule is Cc1ncc2c(n1)C1(CCCN(Cc3cccc(C(F)(F)F)c3)C1)CC2. The van der Waals surface area contributed by atoms with Gasteiger partial charge in [-0.2, -0.15) is 13.2 Å². The Hall–Kier alpha value is -1.95.